The van der Waals surface area contributed by atoms with Crippen LogP contribution in [0.1, 0.15) is 49.3 Å². The third kappa shape index (κ3) is 3.58. The molecule has 3 heterocycles. The fraction of sp³-hybridized carbons (Fsp3) is 0.524. The van der Waals surface area contributed by atoms with Gasteiger partial charge >= 0.3 is 0 Å². The number of hydrogen-bond acceptors (Lipinski definition) is 6. The molecule has 2 aromatic heterocycles. The van der Waals surface area contributed by atoms with Gasteiger partial charge in [-0.1, -0.05) is 12.1 Å². The standard InChI is InChI=1S/C21H28N6O2/c1-13-6-7-15-12-16(20(28)22-17(15)14(13)2)18(26-8-10-29-11-9-26)19-23-24-25-27(19)21(3,4)5/h6-7,12,18H,8-11H2,1-5H3,(H,22,28)/t18-/m0/s1. The zero-order chi connectivity index (χ0) is 20.8. The Morgan fingerprint density at radius 3 is 2.59 bits per heavy atom. The van der Waals surface area contributed by atoms with Crippen molar-refractivity contribution in [2.45, 2.75) is 46.2 Å². The lowest BCUT2D eigenvalue weighted by molar-refractivity contribution is 0.0206. The molecule has 1 aliphatic rings. The Morgan fingerprint density at radius 2 is 1.90 bits per heavy atom. The molecule has 0 saturated carbocycles. The van der Waals surface area contributed by atoms with E-state index in [4.69, 9.17) is 4.74 Å². The van der Waals surface area contributed by atoms with E-state index in [0.29, 0.717) is 37.7 Å². The summed E-state index contributed by atoms with van der Waals surface area (Å²) in [7, 11) is 0. The summed E-state index contributed by atoms with van der Waals surface area (Å²) in [6.45, 7) is 12.9. The second-order valence-corrected chi connectivity index (χ2v) is 8.70. The van der Waals surface area contributed by atoms with E-state index in [2.05, 4.69) is 65.2 Å². The van der Waals surface area contributed by atoms with E-state index in [-0.39, 0.29) is 17.1 Å². The molecule has 8 heteroatoms. The lowest BCUT2D eigenvalue weighted by Crippen LogP contribution is -2.43. The predicted octanol–water partition coefficient (Wildman–Crippen LogP) is 2.31. The van der Waals surface area contributed by atoms with Gasteiger partial charge in [-0.3, -0.25) is 9.69 Å². The highest BCUT2D eigenvalue weighted by Crippen LogP contribution is 2.30. The number of rotatable bonds is 3. The number of pyridine rings is 1. The van der Waals surface area contributed by atoms with Crippen molar-refractivity contribution in [1.82, 2.24) is 30.1 Å². The van der Waals surface area contributed by atoms with Gasteiger partial charge in [0.2, 0.25) is 0 Å². The van der Waals surface area contributed by atoms with Gasteiger partial charge in [0.15, 0.2) is 5.82 Å². The van der Waals surface area contributed by atoms with Crippen LogP contribution in [-0.4, -0.2) is 56.4 Å². The molecule has 1 aromatic carbocycles. The van der Waals surface area contributed by atoms with Crippen LogP contribution in [0.3, 0.4) is 0 Å². The first-order valence-corrected chi connectivity index (χ1v) is 10.0. The molecule has 0 radical (unpaired) electrons. The second-order valence-electron chi connectivity index (χ2n) is 8.70. The van der Waals surface area contributed by atoms with Crippen molar-refractivity contribution in [1.29, 1.82) is 0 Å². The first-order chi connectivity index (χ1) is 13.8. The van der Waals surface area contributed by atoms with E-state index in [9.17, 15) is 4.79 Å². The first-order valence-electron chi connectivity index (χ1n) is 10.0. The summed E-state index contributed by atoms with van der Waals surface area (Å²) in [5.41, 5.74) is 3.38. The Bertz CT molecular complexity index is 1090. The van der Waals surface area contributed by atoms with Gasteiger partial charge in [0.05, 0.1) is 24.3 Å². The van der Waals surface area contributed by atoms with Gasteiger partial charge in [-0.2, -0.15) is 0 Å². The normalized spacial score (nSPS) is 17.0. The van der Waals surface area contributed by atoms with Crippen LogP contribution in [0.2, 0.25) is 0 Å². The number of aryl methyl sites for hydroxylation is 2. The molecule has 3 aromatic rings. The van der Waals surface area contributed by atoms with Crippen molar-refractivity contribution in [3.63, 3.8) is 0 Å². The van der Waals surface area contributed by atoms with Crippen LogP contribution in [0.5, 0.6) is 0 Å². The maximum atomic E-state index is 13.2. The Kier molecular flexibility index (Phi) is 5.00. The van der Waals surface area contributed by atoms with Gasteiger partial charge in [0.25, 0.3) is 5.56 Å². The number of hydrogen-bond donors (Lipinski definition) is 1. The molecule has 1 atom stereocenters. The van der Waals surface area contributed by atoms with Crippen molar-refractivity contribution in [2.75, 3.05) is 26.3 Å². The van der Waals surface area contributed by atoms with Gasteiger partial charge in [0.1, 0.15) is 6.04 Å². The van der Waals surface area contributed by atoms with Crippen molar-refractivity contribution >= 4 is 10.9 Å². The highest BCUT2D eigenvalue weighted by molar-refractivity contribution is 5.83. The number of tetrazole rings is 1. The SMILES string of the molecule is Cc1ccc2cc([C@@H](c3nnnn3C(C)(C)C)N3CCOCC3)c(=O)[nH]c2c1C. The maximum absolute atomic E-state index is 13.2. The highest BCUT2D eigenvalue weighted by atomic mass is 16.5. The molecule has 1 aliphatic heterocycles. The summed E-state index contributed by atoms with van der Waals surface area (Å²) in [4.78, 5) is 18.6. The van der Waals surface area contributed by atoms with Crippen molar-refractivity contribution in [3.8, 4) is 0 Å². The molecule has 29 heavy (non-hydrogen) atoms. The first kappa shape index (κ1) is 19.7. The average molecular weight is 396 g/mol. The van der Waals surface area contributed by atoms with E-state index >= 15 is 0 Å². The van der Waals surface area contributed by atoms with Crippen LogP contribution in [-0.2, 0) is 10.3 Å². The van der Waals surface area contributed by atoms with E-state index in [1.54, 1.807) is 0 Å². The van der Waals surface area contributed by atoms with E-state index in [0.717, 1.165) is 22.0 Å². The molecule has 0 unspecified atom stereocenters. The monoisotopic (exact) mass is 396 g/mol. The van der Waals surface area contributed by atoms with Crippen LogP contribution in [0.4, 0.5) is 0 Å². The summed E-state index contributed by atoms with van der Waals surface area (Å²) >= 11 is 0. The topological polar surface area (TPSA) is 88.9 Å². The van der Waals surface area contributed by atoms with Crippen LogP contribution in [0, 0.1) is 13.8 Å². The number of fused-ring (bicyclic) bond motifs is 1. The number of aromatic amines is 1. The van der Waals surface area contributed by atoms with Crippen LogP contribution in [0.15, 0.2) is 23.0 Å². The van der Waals surface area contributed by atoms with E-state index in [1.807, 2.05) is 17.7 Å². The third-order valence-corrected chi connectivity index (χ3v) is 5.66. The van der Waals surface area contributed by atoms with Crippen molar-refractivity contribution in [3.05, 3.63) is 51.1 Å². The van der Waals surface area contributed by atoms with Gasteiger partial charge in [-0.05, 0) is 67.6 Å². The number of ether oxygens (including phenoxy) is 1. The zero-order valence-electron chi connectivity index (χ0n) is 17.7. The summed E-state index contributed by atoms with van der Waals surface area (Å²) in [5, 5.41) is 13.5. The molecule has 1 saturated heterocycles. The van der Waals surface area contributed by atoms with Crippen LogP contribution >= 0.6 is 0 Å². The summed E-state index contributed by atoms with van der Waals surface area (Å²) in [6.07, 6.45) is 0. The Hall–Kier alpha value is -2.58. The molecule has 154 valence electrons. The van der Waals surface area contributed by atoms with Gasteiger partial charge < -0.3 is 9.72 Å². The minimum atomic E-state index is -0.345. The lowest BCUT2D eigenvalue weighted by Gasteiger charge is -2.34. The zero-order valence-corrected chi connectivity index (χ0v) is 17.7. The minimum Gasteiger partial charge on any atom is -0.379 e. The Morgan fingerprint density at radius 1 is 1.17 bits per heavy atom. The molecule has 4 rings (SSSR count). The number of H-pyrrole nitrogens is 1. The lowest BCUT2D eigenvalue weighted by atomic mass is 9.99. The quantitative estimate of drug-likeness (QED) is 0.731. The van der Waals surface area contributed by atoms with Gasteiger partial charge in [0, 0.05) is 18.7 Å². The van der Waals surface area contributed by atoms with Crippen LogP contribution in [0.25, 0.3) is 10.9 Å². The third-order valence-electron chi connectivity index (χ3n) is 5.66. The number of aromatic nitrogens is 5. The van der Waals surface area contributed by atoms with Gasteiger partial charge in [-0.25, -0.2) is 4.68 Å². The fourth-order valence-corrected chi connectivity index (χ4v) is 3.92. The highest BCUT2D eigenvalue weighted by Gasteiger charge is 2.34. The van der Waals surface area contributed by atoms with Gasteiger partial charge in [-0.15, -0.1) is 5.10 Å². The fourth-order valence-electron chi connectivity index (χ4n) is 3.92. The number of morpholine rings is 1. The molecule has 0 bridgehead atoms. The molecule has 1 N–H and O–H groups in total. The van der Waals surface area contributed by atoms with Crippen molar-refractivity contribution < 1.29 is 4.74 Å². The van der Waals surface area contributed by atoms with E-state index < -0.39 is 0 Å². The second kappa shape index (κ2) is 7.35. The maximum Gasteiger partial charge on any atom is 0.253 e. The average Bonchev–Trinajstić information content (AvgIpc) is 3.17. The summed E-state index contributed by atoms with van der Waals surface area (Å²) < 4.78 is 7.36. The molecular weight excluding hydrogens is 368 g/mol. The number of nitrogens with zero attached hydrogens (tertiary/aromatic N) is 5. The van der Waals surface area contributed by atoms with Crippen molar-refractivity contribution in [2.24, 2.45) is 0 Å². The Labute approximate surface area is 169 Å². The predicted molar refractivity (Wildman–Crippen MR) is 111 cm³/mol. The Balaban J connectivity index is 1.93. The number of nitrogens with one attached hydrogen (secondary N) is 1. The summed E-state index contributed by atoms with van der Waals surface area (Å²) in [5.74, 6) is 0.674. The molecule has 1 fully saturated rings. The molecular formula is C21H28N6O2. The summed E-state index contributed by atoms with van der Waals surface area (Å²) in [6, 6.07) is 5.79. The largest absolute Gasteiger partial charge is 0.379 e. The van der Waals surface area contributed by atoms with E-state index in [1.165, 1.54) is 0 Å². The molecule has 8 nitrogen and oxygen atoms in total. The molecule has 0 aliphatic carbocycles. The molecule has 0 amide bonds. The smallest absolute Gasteiger partial charge is 0.253 e. The minimum absolute atomic E-state index is 0.105. The number of benzene rings is 1. The van der Waals surface area contributed by atoms with Crippen LogP contribution < -0.4 is 5.56 Å². The molecule has 0 spiro atoms.